The summed E-state index contributed by atoms with van der Waals surface area (Å²) in [7, 11) is 1.50. The van der Waals surface area contributed by atoms with Crippen LogP contribution in [0.1, 0.15) is 24.0 Å². The SMILES string of the molecule is COc1c(CC2(N)CC2)ccc(C)c1F. The number of rotatable bonds is 3. The number of ether oxygens (including phenoxy) is 1. The van der Waals surface area contributed by atoms with Crippen molar-refractivity contribution in [2.24, 2.45) is 5.73 Å². The molecule has 1 aromatic rings. The predicted molar refractivity (Wildman–Crippen MR) is 57.5 cm³/mol. The molecular formula is C12H16FNO. The Morgan fingerprint density at radius 2 is 2.13 bits per heavy atom. The molecule has 0 heterocycles. The minimum absolute atomic E-state index is 0.116. The predicted octanol–water partition coefficient (Wildman–Crippen LogP) is 2.18. The lowest BCUT2D eigenvalue weighted by atomic mass is 10.0. The zero-order chi connectivity index (χ0) is 11.1. The van der Waals surface area contributed by atoms with Crippen LogP contribution in [0, 0.1) is 12.7 Å². The Balaban J connectivity index is 2.34. The Bertz CT molecular complexity index is 385. The van der Waals surface area contributed by atoms with E-state index in [0.717, 1.165) is 18.4 Å². The van der Waals surface area contributed by atoms with Gasteiger partial charge in [0.25, 0.3) is 0 Å². The third kappa shape index (κ3) is 1.97. The summed E-state index contributed by atoms with van der Waals surface area (Å²) in [5.41, 5.74) is 7.38. The van der Waals surface area contributed by atoms with Crippen molar-refractivity contribution in [3.63, 3.8) is 0 Å². The summed E-state index contributed by atoms with van der Waals surface area (Å²) in [4.78, 5) is 0. The first-order valence-electron chi connectivity index (χ1n) is 5.16. The van der Waals surface area contributed by atoms with Crippen molar-refractivity contribution in [1.82, 2.24) is 0 Å². The monoisotopic (exact) mass is 209 g/mol. The second-order valence-electron chi connectivity index (χ2n) is 4.43. The molecule has 2 rings (SSSR count). The first-order chi connectivity index (χ1) is 7.06. The van der Waals surface area contributed by atoms with E-state index < -0.39 is 0 Å². The van der Waals surface area contributed by atoms with Crippen LogP contribution >= 0.6 is 0 Å². The summed E-state index contributed by atoms with van der Waals surface area (Å²) in [5, 5.41) is 0. The number of hydrogen-bond acceptors (Lipinski definition) is 2. The molecule has 2 N–H and O–H groups in total. The number of halogens is 1. The van der Waals surface area contributed by atoms with Crippen LogP contribution in [0.3, 0.4) is 0 Å². The van der Waals surface area contributed by atoms with Gasteiger partial charge in [0.2, 0.25) is 0 Å². The number of benzene rings is 1. The van der Waals surface area contributed by atoms with Crippen LogP contribution in [-0.2, 0) is 6.42 Å². The van der Waals surface area contributed by atoms with E-state index in [9.17, 15) is 4.39 Å². The Morgan fingerprint density at radius 1 is 1.47 bits per heavy atom. The Kier molecular flexibility index (Phi) is 2.43. The molecule has 0 amide bonds. The van der Waals surface area contributed by atoms with Crippen LogP contribution in [0.5, 0.6) is 5.75 Å². The summed E-state index contributed by atoms with van der Waals surface area (Å²) in [5.74, 6) is 0.0889. The maximum atomic E-state index is 13.7. The molecule has 0 atom stereocenters. The Labute approximate surface area is 89.2 Å². The van der Waals surface area contributed by atoms with E-state index in [2.05, 4.69) is 0 Å². The highest BCUT2D eigenvalue weighted by atomic mass is 19.1. The quantitative estimate of drug-likeness (QED) is 0.828. The van der Waals surface area contributed by atoms with Crippen molar-refractivity contribution in [1.29, 1.82) is 0 Å². The fourth-order valence-corrected chi connectivity index (χ4v) is 1.77. The van der Waals surface area contributed by atoms with Crippen molar-refractivity contribution in [2.45, 2.75) is 31.7 Å². The fraction of sp³-hybridized carbons (Fsp3) is 0.500. The Hall–Kier alpha value is -1.09. The first-order valence-corrected chi connectivity index (χ1v) is 5.16. The molecule has 1 fully saturated rings. The van der Waals surface area contributed by atoms with E-state index in [1.54, 1.807) is 13.0 Å². The second kappa shape index (κ2) is 3.49. The van der Waals surface area contributed by atoms with Gasteiger partial charge in [0.1, 0.15) is 0 Å². The molecule has 2 nitrogen and oxygen atoms in total. The smallest absolute Gasteiger partial charge is 0.168 e. The maximum Gasteiger partial charge on any atom is 0.168 e. The number of methoxy groups -OCH3 is 1. The van der Waals surface area contributed by atoms with Crippen molar-refractivity contribution >= 4 is 0 Å². The highest BCUT2D eigenvalue weighted by Crippen LogP contribution is 2.38. The van der Waals surface area contributed by atoms with E-state index in [1.165, 1.54) is 7.11 Å². The molecule has 0 aromatic heterocycles. The molecule has 0 unspecified atom stereocenters. The maximum absolute atomic E-state index is 13.7. The van der Waals surface area contributed by atoms with Gasteiger partial charge in [-0.15, -0.1) is 0 Å². The summed E-state index contributed by atoms with van der Waals surface area (Å²) in [6.45, 7) is 1.73. The molecule has 0 bridgehead atoms. The summed E-state index contributed by atoms with van der Waals surface area (Å²) in [6, 6.07) is 3.68. The van der Waals surface area contributed by atoms with E-state index in [1.807, 2.05) is 6.07 Å². The van der Waals surface area contributed by atoms with Crippen molar-refractivity contribution in [2.75, 3.05) is 7.11 Å². The second-order valence-corrected chi connectivity index (χ2v) is 4.43. The fourth-order valence-electron chi connectivity index (χ4n) is 1.77. The molecule has 0 aliphatic heterocycles. The molecule has 1 aromatic carbocycles. The minimum atomic E-state index is -0.265. The van der Waals surface area contributed by atoms with E-state index in [-0.39, 0.29) is 11.4 Å². The average Bonchev–Trinajstić information content (AvgIpc) is 2.91. The number of nitrogens with two attached hydrogens (primary N) is 1. The van der Waals surface area contributed by atoms with Gasteiger partial charge < -0.3 is 10.5 Å². The van der Waals surface area contributed by atoms with Crippen LogP contribution < -0.4 is 10.5 Å². The molecule has 1 saturated carbocycles. The van der Waals surface area contributed by atoms with Crippen molar-refractivity contribution < 1.29 is 9.13 Å². The molecule has 0 saturated heterocycles. The van der Waals surface area contributed by atoms with Crippen LogP contribution in [0.15, 0.2) is 12.1 Å². The van der Waals surface area contributed by atoms with Gasteiger partial charge in [-0.25, -0.2) is 4.39 Å². The van der Waals surface area contributed by atoms with E-state index in [4.69, 9.17) is 10.5 Å². The molecule has 15 heavy (non-hydrogen) atoms. The molecule has 0 radical (unpaired) electrons. The third-order valence-electron chi connectivity index (χ3n) is 3.01. The van der Waals surface area contributed by atoms with Gasteiger partial charge >= 0.3 is 0 Å². The zero-order valence-corrected chi connectivity index (χ0v) is 9.14. The highest BCUT2D eigenvalue weighted by Gasteiger charge is 2.39. The lowest BCUT2D eigenvalue weighted by Gasteiger charge is -2.14. The van der Waals surface area contributed by atoms with E-state index >= 15 is 0 Å². The van der Waals surface area contributed by atoms with Gasteiger partial charge in [0, 0.05) is 5.54 Å². The summed E-state index contributed by atoms with van der Waals surface area (Å²) in [6.07, 6.45) is 2.74. The largest absolute Gasteiger partial charge is 0.493 e. The van der Waals surface area contributed by atoms with Crippen molar-refractivity contribution in [3.05, 3.63) is 29.1 Å². The molecule has 82 valence electrons. The molecular weight excluding hydrogens is 193 g/mol. The minimum Gasteiger partial charge on any atom is -0.493 e. The summed E-state index contributed by atoms with van der Waals surface area (Å²) >= 11 is 0. The van der Waals surface area contributed by atoms with Gasteiger partial charge in [0.05, 0.1) is 7.11 Å². The third-order valence-corrected chi connectivity index (χ3v) is 3.01. The van der Waals surface area contributed by atoms with Crippen LogP contribution in [0.25, 0.3) is 0 Å². The highest BCUT2D eigenvalue weighted by molar-refractivity contribution is 5.40. The van der Waals surface area contributed by atoms with E-state index in [0.29, 0.717) is 17.7 Å². The van der Waals surface area contributed by atoms with Crippen molar-refractivity contribution in [3.8, 4) is 5.75 Å². The first kappa shape index (κ1) is 10.4. The lowest BCUT2D eigenvalue weighted by Crippen LogP contribution is -2.24. The van der Waals surface area contributed by atoms with Gasteiger partial charge in [-0.05, 0) is 37.3 Å². The number of hydrogen-bond donors (Lipinski definition) is 1. The topological polar surface area (TPSA) is 35.2 Å². The van der Waals surface area contributed by atoms with Gasteiger partial charge in [-0.1, -0.05) is 12.1 Å². The van der Waals surface area contributed by atoms with Crippen LogP contribution in [-0.4, -0.2) is 12.6 Å². The lowest BCUT2D eigenvalue weighted by molar-refractivity contribution is 0.378. The standard InChI is InChI=1S/C12H16FNO/c1-8-3-4-9(7-12(14)5-6-12)11(15-2)10(8)13/h3-4H,5-7,14H2,1-2H3. The van der Waals surface area contributed by atoms with Crippen LogP contribution in [0.4, 0.5) is 4.39 Å². The Morgan fingerprint density at radius 3 is 2.67 bits per heavy atom. The zero-order valence-electron chi connectivity index (χ0n) is 9.14. The van der Waals surface area contributed by atoms with Gasteiger partial charge in [0.15, 0.2) is 11.6 Å². The average molecular weight is 209 g/mol. The molecule has 3 heteroatoms. The van der Waals surface area contributed by atoms with Gasteiger partial charge in [-0.3, -0.25) is 0 Å². The molecule has 1 aliphatic carbocycles. The molecule has 1 aliphatic rings. The van der Waals surface area contributed by atoms with Gasteiger partial charge in [-0.2, -0.15) is 0 Å². The van der Waals surface area contributed by atoms with Crippen LogP contribution in [0.2, 0.25) is 0 Å². The normalized spacial score (nSPS) is 17.6. The number of aryl methyl sites for hydroxylation is 1. The summed E-state index contributed by atoms with van der Waals surface area (Å²) < 4.78 is 18.8. The molecule has 0 spiro atoms.